The highest BCUT2D eigenvalue weighted by atomic mass is 16.3. The zero-order valence-corrected chi connectivity index (χ0v) is 10.2. The Morgan fingerprint density at radius 2 is 2.00 bits per heavy atom. The Morgan fingerprint density at radius 1 is 1.29 bits per heavy atom. The van der Waals surface area contributed by atoms with Gasteiger partial charge in [0.25, 0.3) is 0 Å². The summed E-state index contributed by atoms with van der Waals surface area (Å²) in [5.41, 5.74) is 1.30. The molecule has 1 saturated heterocycles. The van der Waals surface area contributed by atoms with Crippen molar-refractivity contribution in [3.8, 4) is 0 Å². The van der Waals surface area contributed by atoms with Crippen LogP contribution >= 0.6 is 0 Å². The first-order valence-electron chi connectivity index (χ1n) is 6.34. The van der Waals surface area contributed by atoms with E-state index in [0.29, 0.717) is 6.04 Å². The van der Waals surface area contributed by atoms with Crippen LogP contribution < -0.4 is 5.32 Å². The van der Waals surface area contributed by atoms with Crippen LogP contribution in [0.5, 0.6) is 0 Å². The summed E-state index contributed by atoms with van der Waals surface area (Å²) in [6.45, 7) is 4.41. The average molecular weight is 235 g/mol. The molecule has 1 aromatic heterocycles. The van der Waals surface area contributed by atoms with Crippen molar-refractivity contribution in [2.24, 2.45) is 0 Å². The average Bonchev–Trinajstić information content (AvgIpc) is 2.42. The summed E-state index contributed by atoms with van der Waals surface area (Å²) in [6.07, 6.45) is 5.68. The molecule has 1 aromatic rings. The van der Waals surface area contributed by atoms with Crippen LogP contribution in [-0.2, 0) is 6.42 Å². The number of hydrogen-bond acceptors (Lipinski definition) is 4. The lowest BCUT2D eigenvalue weighted by molar-refractivity contribution is 0.104. The fourth-order valence-corrected chi connectivity index (χ4v) is 2.32. The first-order chi connectivity index (χ1) is 8.40. The highest BCUT2D eigenvalue weighted by molar-refractivity contribution is 5.09. The van der Waals surface area contributed by atoms with Crippen molar-refractivity contribution in [2.45, 2.75) is 18.9 Å². The Kier molecular flexibility index (Phi) is 4.91. The third kappa shape index (κ3) is 3.77. The van der Waals surface area contributed by atoms with Crippen molar-refractivity contribution in [2.75, 3.05) is 32.8 Å². The number of nitrogens with zero attached hydrogens (tertiary/aromatic N) is 2. The molecule has 0 aliphatic carbocycles. The number of aliphatic hydroxyl groups excluding tert-OH is 1. The largest absolute Gasteiger partial charge is 0.395 e. The van der Waals surface area contributed by atoms with E-state index in [1.54, 1.807) is 0 Å². The molecule has 17 heavy (non-hydrogen) atoms. The van der Waals surface area contributed by atoms with Crippen LogP contribution in [0, 0.1) is 0 Å². The predicted molar refractivity (Wildman–Crippen MR) is 67.9 cm³/mol. The van der Waals surface area contributed by atoms with Crippen LogP contribution in [-0.4, -0.2) is 53.8 Å². The summed E-state index contributed by atoms with van der Waals surface area (Å²) < 4.78 is 0. The van der Waals surface area contributed by atoms with Crippen LogP contribution in [0.15, 0.2) is 24.5 Å². The minimum absolute atomic E-state index is 0.255. The lowest BCUT2D eigenvalue weighted by atomic mass is 10.1. The fourth-order valence-electron chi connectivity index (χ4n) is 2.32. The molecule has 0 bridgehead atoms. The lowest BCUT2D eigenvalue weighted by Gasteiger charge is -2.34. The molecule has 94 valence electrons. The van der Waals surface area contributed by atoms with E-state index < -0.39 is 0 Å². The molecule has 1 atom stereocenters. The minimum Gasteiger partial charge on any atom is -0.395 e. The molecule has 1 fully saturated rings. The van der Waals surface area contributed by atoms with Crippen molar-refractivity contribution in [1.29, 1.82) is 0 Å². The second-order valence-corrected chi connectivity index (χ2v) is 4.52. The summed E-state index contributed by atoms with van der Waals surface area (Å²) in [5, 5.41) is 12.8. The maximum Gasteiger partial charge on any atom is 0.0587 e. The topological polar surface area (TPSA) is 48.4 Å². The van der Waals surface area contributed by atoms with E-state index in [2.05, 4.69) is 15.2 Å². The molecule has 0 saturated carbocycles. The standard InChI is InChI=1S/C13H21N3O/c17-11-13(16-9-7-15-8-10-16)2-1-12-3-5-14-6-4-12/h3-6,13,15,17H,1-2,7-11H2. The molecular weight excluding hydrogens is 214 g/mol. The number of hydrogen-bond donors (Lipinski definition) is 2. The van der Waals surface area contributed by atoms with Gasteiger partial charge in [0.15, 0.2) is 0 Å². The van der Waals surface area contributed by atoms with Crippen molar-refractivity contribution in [3.63, 3.8) is 0 Å². The van der Waals surface area contributed by atoms with Crippen LogP contribution in [0.3, 0.4) is 0 Å². The van der Waals surface area contributed by atoms with Gasteiger partial charge in [-0.1, -0.05) is 0 Å². The number of rotatable bonds is 5. The van der Waals surface area contributed by atoms with Gasteiger partial charge >= 0.3 is 0 Å². The Bertz CT molecular complexity index is 312. The van der Waals surface area contributed by atoms with E-state index in [9.17, 15) is 5.11 Å². The molecule has 4 nitrogen and oxygen atoms in total. The highest BCUT2D eigenvalue weighted by Crippen LogP contribution is 2.10. The quantitative estimate of drug-likeness (QED) is 0.769. The van der Waals surface area contributed by atoms with Gasteiger partial charge in [-0.05, 0) is 30.5 Å². The maximum atomic E-state index is 9.48. The van der Waals surface area contributed by atoms with Crippen molar-refractivity contribution in [1.82, 2.24) is 15.2 Å². The number of pyridine rings is 1. The van der Waals surface area contributed by atoms with Gasteiger partial charge in [0.05, 0.1) is 6.61 Å². The first kappa shape index (κ1) is 12.5. The lowest BCUT2D eigenvalue weighted by Crippen LogP contribution is -2.49. The van der Waals surface area contributed by atoms with Crippen molar-refractivity contribution in [3.05, 3.63) is 30.1 Å². The second kappa shape index (κ2) is 6.69. The normalized spacial score (nSPS) is 19.1. The van der Waals surface area contributed by atoms with Crippen LogP contribution in [0.25, 0.3) is 0 Å². The predicted octanol–water partition coefficient (Wildman–Crippen LogP) is 0.280. The smallest absolute Gasteiger partial charge is 0.0587 e. The van der Waals surface area contributed by atoms with Crippen molar-refractivity contribution >= 4 is 0 Å². The van der Waals surface area contributed by atoms with Gasteiger partial charge < -0.3 is 10.4 Å². The Labute approximate surface area is 103 Å². The molecule has 0 spiro atoms. The highest BCUT2D eigenvalue weighted by Gasteiger charge is 2.19. The first-order valence-corrected chi connectivity index (χ1v) is 6.34. The van der Waals surface area contributed by atoms with E-state index in [-0.39, 0.29) is 6.61 Å². The summed E-state index contributed by atoms with van der Waals surface area (Å²) in [6, 6.07) is 4.39. The van der Waals surface area contributed by atoms with E-state index >= 15 is 0 Å². The molecule has 2 N–H and O–H groups in total. The second-order valence-electron chi connectivity index (χ2n) is 4.52. The molecule has 0 amide bonds. The molecule has 2 rings (SSSR count). The van der Waals surface area contributed by atoms with E-state index in [4.69, 9.17) is 0 Å². The Balaban J connectivity index is 1.82. The van der Waals surface area contributed by atoms with Gasteiger partial charge in [0, 0.05) is 44.6 Å². The van der Waals surface area contributed by atoms with Gasteiger partial charge in [-0.15, -0.1) is 0 Å². The van der Waals surface area contributed by atoms with E-state index in [1.807, 2.05) is 24.5 Å². The molecule has 2 heterocycles. The molecule has 0 aromatic carbocycles. The monoisotopic (exact) mass is 235 g/mol. The summed E-state index contributed by atoms with van der Waals surface area (Å²) in [4.78, 5) is 6.40. The van der Waals surface area contributed by atoms with Gasteiger partial charge in [-0.25, -0.2) is 0 Å². The van der Waals surface area contributed by atoms with Gasteiger partial charge in [0.1, 0.15) is 0 Å². The van der Waals surface area contributed by atoms with E-state index in [1.165, 1.54) is 5.56 Å². The van der Waals surface area contributed by atoms with Crippen LogP contribution in [0.1, 0.15) is 12.0 Å². The SMILES string of the molecule is OCC(CCc1ccncc1)N1CCNCC1. The number of aliphatic hydroxyl groups is 1. The van der Waals surface area contributed by atoms with Gasteiger partial charge in [0.2, 0.25) is 0 Å². The maximum absolute atomic E-state index is 9.48. The summed E-state index contributed by atoms with van der Waals surface area (Å²) in [7, 11) is 0. The van der Waals surface area contributed by atoms with Gasteiger partial charge in [-0.2, -0.15) is 0 Å². The fraction of sp³-hybridized carbons (Fsp3) is 0.615. The molecule has 0 radical (unpaired) electrons. The minimum atomic E-state index is 0.255. The third-order valence-electron chi connectivity index (χ3n) is 3.39. The number of piperazine rings is 1. The number of nitrogens with one attached hydrogen (secondary N) is 1. The van der Waals surface area contributed by atoms with Gasteiger partial charge in [-0.3, -0.25) is 9.88 Å². The summed E-state index contributed by atoms with van der Waals surface area (Å²) in [5.74, 6) is 0. The van der Waals surface area contributed by atoms with Crippen LogP contribution in [0.4, 0.5) is 0 Å². The molecule has 1 aliphatic rings. The molecular formula is C13H21N3O. The number of aryl methyl sites for hydroxylation is 1. The van der Waals surface area contributed by atoms with E-state index in [0.717, 1.165) is 39.0 Å². The van der Waals surface area contributed by atoms with Crippen molar-refractivity contribution < 1.29 is 5.11 Å². The number of aromatic nitrogens is 1. The third-order valence-corrected chi connectivity index (χ3v) is 3.39. The summed E-state index contributed by atoms with van der Waals surface area (Å²) >= 11 is 0. The zero-order valence-electron chi connectivity index (χ0n) is 10.2. The zero-order chi connectivity index (χ0) is 11.9. The van der Waals surface area contributed by atoms with Crippen LogP contribution in [0.2, 0.25) is 0 Å². The molecule has 1 unspecified atom stereocenters. The molecule has 4 heteroatoms. The Hall–Kier alpha value is -0.970. The molecule has 1 aliphatic heterocycles. The Morgan fingerprint density at radius 3 is 2.65 bits per heavy atom.